The highest BCUT2D eigenvalue weighted by atomic mass is 32.2. The minimum absolute atomic E-state index is 0.0231. The van der Waals surface area contributed by atoms with Crippen LogP contribution >= 0.6 is 0 Å². The fourth-order valence-electron chi connectivity index (χ4n) is 6.58. The Morgan fingerprint density at radius 3 is 2.57 bits per heavy atom. The maximum absolute atomic E-state index is 14.5. The van der Waals surface area contributed by atoms with Crippen LogP contribution in [0.2, 0.25) is 0 Å². The number of nitrogens with zero attached hydrogens (tertiary/aromatic N) is 5. The molecule has 0 saturated heterocycles. The fraction of sp³-hybridized carbons (Fsp3) is 0.375. The number of carbonyl (C=O) groups is 1. The molecule has 3 aliphatic rings. The molecular formula is C32H32F4N6O3S. The second-order valence-corrected chi connectivity index (χ2v) is 13.6. The van der Waals surface area contributed by atoms with Gasteiger partial charge in [0.2, 0.25) is 10.0 Å². The van der Waals surface area contributed by atoms with E-state index in [0.29, 0.717) is 54.7 Å². The molecule has 6 rings (SSSR count). The molecule has 2 fully saturated rings. The monoisotopic (exact) mass is 656 g/mol. The number of pyridine rings is 1. The number of rotatable bonds is 9. The van der Waals surface area contributed by atoms with E-state index in [2.05, 4.69) is 15.1 Å². The van der Waals surface area contributed by atoms with Gasteiger partial charge in [0.25, 0.3) is 0 Å². The van der Waals surface area contributed by atoms with Crippen LogP contribution in [0, 0.1) is 11.2 Å². The number of aliphatic imine (C=N–C) groups is 1. The first-order chi connectivity index (χ1) is 21.9. The summed E-state index contributed by atoms with van der Waals surface area (Å²) in [7, 11) is -4.12. The van der Waals surface area contributed by atoms with Crippen LogP contribution < -0.4 is 5.73 Å². The summed E-state index contributed by atoms with van der Waals surface area (Å²) in [6.45, 7) is 2.11. The highest BCUT2D eigenvalue weighted by molar-refractivity contribution is 7.94. The highest BCUT2D eigenvalue weighted by Gasteiger charge is 2.54. The number of fused-ring (bicyclic) bond motifs is 2. The normalized spacial score (nSPS) is 22.1. The molecule has 0 radical (unpaired) electrons. The third kappa shape index (κ3) is 5.68. The molecule has 9 nitrogen and oxygen atoms in total. The minimum atomic E-state index is -4.69. The lowest BCUT2D eigenvalue weighted by Crippen LogP contribution is -2.51. The van der Waals surface area contributed by atoms with Crippen LogP contribution in [0.4, 0.5) is 17.6 Å². The number of nitrogens with two attached hydrogens (primary N) is 1. The quantitative estimate of drug-likeness (QED) is 0.185. The maximum Gasteiger partial charge on any atom is 0.416 e. The molecular weight excluding hydrogens is 624 g/mol. The van der Waals surface area contributed by atoms with E-state index in [-0.39, 0.29) is 29.5 Å². The number of Topliss-reactive ketones (excluding diaryl/α,β-unsaturated/α-hetero) is 1. The van der Waals surface area contributed by atoms with Gasteiger partial charge in [0.05, 0.1) is 28.6 Å². The first-order valence-electron chi connectivity index (χ1n) is 15.0. The summed E-state index contributed by atoms with van der Waals surface area (Å²) in [4.78, 5) is 22.5. The van der Waals surface area contributed by atoms with Gasteiger partial charge in [-0.05, 0) is 93.5 Å². The lowest BCUT2D eigenvalue weighted by Gasteiger charge is -2.46. The number of hydrogen-bond donors (Lipinski definition) is 1. The van der Waals surface area contributed by atoms with Gasteiger partial charge in [0, 0.05) is 37.2 Å². The molecule has 2 aromatic heterocycles. The largest absolute Gasteiger partial charge is 0.416 e. The molecule has 0 unspecified atom stereocenters. The van der Waals surface area contributed by atoms with Crippen LogP contribution in [0.5, 0.6) is 0 Å². The number of ketones is 1. The number of carbonyl (C=O) groups excluding carboxylic acids is 1. The van der Waals surface area contributed by atoms with Gasteiger partial charge in [-0.3, -0.25) is 14.8 Å². The Bertz CT molecular complexity index is 1860. The van der Waals surface area contributed by atoms with E-state index < -0.39 is 44.8 Å². The Morgan fingerprint density at radius 1 is 1.17 bits per heavy atom. The van der Waals surface area contributed by atoms with Crippen molar-refractivity contribution >= 4 is 28.1 Å². The maximum atomic E-state index is 14.5. The van der Waals surface area contributed by atoms with Crippen molar-refractivity contribution < 1.29 is 30.8 Å². The van der Waals surface area contributed by atoms with E-state index in [9.17, 15) is 30.8 Å². The second-order valence-electron chi connectivity index (χ2n) is 11.8. The summed E-state index contributed by atoms with van der Waals surface area (Å²) in [5.41, 5.74) is 5.56. The molecule has 2 heterocycles. The Hall–Kier alpha value is -4.17. The van der Waals surface area contributed by atoms with E-state index in [1.165, 1.54) is 22.7 Å². The third-order valence-corrected chi connectivity index (χ3v) is 10.9. The SMILES string of the molecule is CCN=CC(=CN)S(=O)(=O)N(C1CC1)[C@H]1CCC2=Cc3c(cnn3-c3ccc(F)cc3)C[C@]2(C(=O)c2cc(C(F)(F)F)ccn2)C1. The molecule has 46 heavy (non-hydrogen) atoms. The standard InChI is InChI=1S/C32H32F4N6O3S/c1-2-38-19-27(17-37)46(44,45)42(25-9-10-25)26-6-3-21-14-29-20(18-40-41(29)24-7-4-23(33)5-8-24)15-31(21,16-26)30(43)28-13-22(11-12-39-28)32(34,35)36/h4-5,7-8,11-14,17-19,25-26H,2-3,6,9-10,15-16,37H2,1H3/t26-,31-/m0/s1. The molecule has 3 aliphatic carbocycles. The zero-order valence-corrected chi connectivity index (χ0v) is 25.7. The first-order valence-corrected chi connectivity index (χ1v) is 16.4. The summed E-state index contributed by atoms with van der Waals surface area (Å²) in [5.74, 6) is -1.03. The molecule has 2 atom stereocenters. The van der Waals surface area contributed by atoms with E-state index in [4.69, 9.17) is 5.73 Å². The van der Waals surface area contributed by atoms with Gasteiger partial charge in [-0.25, -0.2) is 17.5 Å². The Morgan fingerprint density at radius 2 is 1.91 bits per heavy atom. The number of halogens is 4. The molecule has 242 valence electrons. The lowest BCUT2D eigenvalue weighted by atomic mass is 9.60. The van der Waals surface area contributed by atoms with Crippen molar-refractivity contribution in [2.24, 2.45) is 16.1 Å². The summed E-state index contributed by atoms with van der Waals surface area (Å²) < 4.78 is 85.8. The van der Waals surface area contributed by atoms with Gasteiger partial charge in [-0.2, -0.15) is 22.6 Å². The number of benzene rings is 1. The van der Waals surface area contributed by atoms with Crippen LogP contribution in [0.15, 0.2) is 70.5 Å². The molecule has 3 aromatic rings. The summed E-state index contributed by atoms with van der Waals surface area (Å²) in [5, 5.41) is 4.49. The van der Waals surface area contributed by atoms with Crippen LogP contribution in [0.3, 0.4) is 0 Å². The fourth-order valence-corrected chi connectivity index (χ4v) is 8.38. The van der Waals surface area contributed by atoms with Gasteiger partial charge in [-0.15, -0.1) is 0 Å². The van der Waals surface area contributed by atoms with Crippen molar-refractivity contribution in [2.75, 3.05) is 6.54 Å². The molecule has 0 aliphatic heterocycles. The smallest absolute Gasteiger partial charge is 0.403 e. The van der Waals surface area contributed by atoms with Gasteiger partial charge in [-0.1, -0.05) is 5.57 Å². The van der Waals surface area contributed by atoms with E-state index in [1.54, 1.807) is 29.9 Å². The Labute approximate surface area is 263 Å². The van der Waals surface area contributed by atoms with Crippen molar-refractivity contribution in [3.63, 3.8) is 0 Å². The van der Waals surface area contributed by atoms with Crippen LogP contribution in [0.25, 0.3) is 11.8 Å². The average Bonchev–Trinajstić information content (AvgIpc) is 3.78. The molecule has 0 bridgehead atoms. The van der Waals surface area contributed by atoms with Crippen LogP contribution in [-0.2, 0) is 22.6 Å². The summed E-state index contributed by atoms with van der Waals surface area (Å²) >= 11 is 0. The van der Waals surface area contributed by atoms with E-state index in [1.807, 2.05) is 6.08 Å². The number of hydrogen-bond acceptors (Lipinski definition) is 7. The number of sulfonamides is 1. The predicted molar refractivity (Wildman–Crippen MR) is 164 cm³/mol. The van der Waals surface area contributed by atoms with Crippen molar-refractivity contribution in [2.45, 2.75) is 63.7 Å². The topological polar surface area (TPSA) is 124 Å². The van der Waals surface area contributed by atoms with Gasteiger partial charge >= 0.3 is 6.18 Å². The molecule has 2 saturated carbocycles. The third-order valence-electron chi connectivity index (χ3n) is 8.87. The van der Waals surface area contributed by atoms with Crippen molar-refractivity contribution in [1.82, 2.24) is 19.1 Å². The Kier molecular flexibility index (Phi) is 8.21. The highest BCUT2D eigenvalue weighted by Crippen LogP contribution is 2.52. The van der Waals surface area contributed by atoms with Crippen LogP contribution in [0.1, 0.15) is 66.3 Å². The number of allylic oxidation sites excluding steroid dienone is 2. The molecule has 2 N–H and O–H groups in total. The van der Waals surface area contributed by atoms with Gasteiger partial charge in [0.1, 0.15) is 16.4 Å². The summed E-state index contributed by atoms with van der Waals surface area (Å²) in [6.07, 6.45) is 3.91. The second kappa shape index (κ2) is 11.9. The Balaban J connectivity index is 1.46. The van der Waals surface area contributed by atoms with Gasteiger partial charge < -0.3 is 5.73 Å². The molecule has 0 spiro atoms. The predicted octanol–water partition coefficient (Wildman–Crippen LogP) is 5.47. The molecule has 1 aromatic carbocycles. The zero-order valence-electron chi connectivity index (χ0n) is 24.9. The van der Waals surface area contributed by atoms with E-state index in [0.717, 1.165) is 24.5 Å². The molecule has 0 amide bonds. The number of aromatic nitrogens is 3. The zero-order chi connectivity index (χ0) is 32.9. The summed E-state index contributed by atoms with van der Waals surface area (Å²) in [6, 6.07) is 6.36. The molecule has 14 heteroatoms. The van der Waals surface area contributed by atoms with Crippen molar-refractivity contribution in [3.05, 3.63) is 93.8 Å². The van der Waals surface area contributed by atoms with Crippen molar-refractivity contribution in [3.8, 4) is 5.69 Å². The van der Waals surface area contributed by atoms with Gasteiger partial charge in [0.15, 0.2) is 5.78 Å². The lowest BCUT2D eigenvalue weighted by molar-refractivity contribution is -0.137. The van der Waals surface area contributed by atoms with E-state index >= 15 is 0 Å². The number of alkyl halides is 3. The van der Waals surface area contributed by atoms with Crippen LogP contribution in [-0.4, -0.2) is 58.1 Å². The van der Waals surface area contributed by atoms with Crippen molar-refractivity contribution in [1.29, 1.82) is 0 Å². The first kappa shape index (κ1) is 31.8. The average molecular weight is 657 g/mol. The minimum Gasteiger partial charge on any atom is -0.403 e.